The lowest BCUT2D eigenvalue weighted by Crippen LogP contribution is -2.39. The largest absolute Gasteiger partial charge is 0.292 e. The van der Waals surface area contributed by atoms with Crippen molar-refractivity contribution in [1.82, 2.24) is 4.90 Å². The van der Waals surface area contributed by atoms with Crippen molar-refractivity contribution in [2.24, 2.45) is 0 Å². The fraction of sp³-hybridized carbons (Fsp3) is 0.357. The summed E-state index contributed by atoms with van der Waals surface area (Å²) in [5.74, 6) is -0.769. The molecular weight excluding hydrogens is 266 g/mol. The third kappa shape index (κ3) is 3.41. The van der Waals surface area contributed by atoms with Gasteiger partial charge in [-0.25, -0.2) is 0 Å². The molecule has 0 unspecified atom stereocenters. The van der Waals surface area contributed by atoms with E-state index in [4.69, 9.17) is 11.6 Å². The van der Waals surface area contributed by atoms with E-state index in [1.807, 2.05) is 0 Å². The molecule has 0 aromatic heterocycles. The molecule has 1 saturated heterocycles. The molecule has 0 aliphatic carbocycles. The number of amides is 2. The molecule has 4 nitrogen and oxygen atoms in total. The van der Waals surface area contributed by atoms with Crippen LogP contribution in [0.5, 0.6) is 0 Å². The predicted octanol–water partition coefficient (Wildman–Crippen LogP) is 2.45. The van der Waals surface area contributed by atoms with Gasteiger partial charge in [0.15, 0.2) is 5.78 Å². The topological polar surface area (TPSA) is 54.5 Å². The number of halogens is 1. The fourth-order valence-electron chi connectivity index (χ4n) is 2.01. The summed E-state index contributed by atoms with van der Waals surface area (Å²) in [4.78, 5) is 36.7. The number of Topliss-reactive ketones (excluding diaryl/α,β-unsaturated/α-hetero) is 1. The first kappa shape index (κ1) is 13.7. The van der Waals surface area contributed by atoms with Crippen LogP contribution in [0.15, 0.2) is 24.3 Å². The van der Waals surface area contributed by atoms with E-state index >= 15 is 0 Å². The Labute approximate surface area is 116 Å². The summed E-state index contributed by atoms with van der Waals surface area (Å²) in [5, 5.41) is 0.540. The van der Waals surface area contributed by atoms with E-state index in [2.05, 4.69) is 0 Å². The zero-order valence-corrected chi connectivity index (χ0v) is 11.2. The smallest absolute Gasteiger partial charge is 0.229 e. The second-order valence-corrected chi connectivity index (χ2v) is 4.95. The van der Waals surface area contributed by atoms with Crippen LogP contribution in [0.25, 0.3) is 0 Å². The third-order valence-electron chi connectivity index (χ3n) is 3.10. The molecule has 0 N–H and O–H groups in total. The van der Waals surface area contributed by atoms with Crippen molar-refractivity contribution in [3.63, 3.8) is 0 Å². The summed E-state index contributed by atoms with van der Waals surface area (Å²) in [5.41, 5.74) is 0.453. The summed E-state index contributed by atoms with van der Waals surface area (Å²) < 4.78 is 0. The number of carbonyl (C=O) groups is 3. The molecule has 1 aromatic rings. The van der Waals surface area contributed by atoms with Crippen LogP contribution in [0, 0.1) is 0 Å². The normalized spacial score (nSPS) is 16.4. The third-order valence-corrected chi connectivity index (χ3v) is 3.35. The molecule has 0 saturated carbocycles. The van der Waals surface area contributed by atoms with E-state index in [0.717, 1.165) is 4.90 Å². The minimum absolute atomic E-state index is 0.181. The lowest BCUT2D eigenvalue weighted by molar-refractivity contribution is -0.143. The van der Waals surface area contributed by atoms with Gasteiger partial charge in [0.1, 0.15) is 0 Å². The van der Waals surface area contributed by atoms with Crippen molar-refractivity contribution < 1.29 is 14.4 Å². The number of carbonyl (C=O) groups excluding carboxylic acids is 3. The maximum Gasteiger partial charge on any atom is 0.229 e. The lowest BCUT2D eigenvalue weighted by Gasteiger charge is -2.17. The van der Waals surface area contributed by atoms with Gasteiger partial charge < -0.3 is 0 Å². The van der Waals surface area contributed by atoms with Crippen molar-refractivity contribution in [2.75, 3.05) is 6.54 Å². The van der Waals surface area contributed by atoms with E-state index in [1.54, 1.807) is 24.3 Å². The molecule has 1 heterocycles. The Morgan fingerprint density at radius 2 is 1.58 bits per heavy atom. The van der Waals surface area contributed by atoms with Gasteiger partial charge in [-0.1, -0.05) is 11.6 Å². The zero-order valence-electron chi connectivity index (χ0n) is 10.4. The van der Waals surface area contributed by atoms with Gasteiger partial charge in [-0.05, 0) is 37.1 Å². The lowest BCUT2D eigenvalue weighted by atomic mass is 10.1. The Bertz CT molecular complexity index is 492. The molecule has 19 heavy (non-hydrogen) atoms. The van der Waals surface area contributed by atoms with Gasteiger partial charge >= 0.3 is 0 Å². The van der Waals surface area contributed by atoms with Gasteiger partial charge in [0, 0.05) is 23.4 Å². The standard InChI is InChI=1S/C14H14ClNO3/c15-11-7-5-10(6-8-11)12(17)9-16-13(18)3-1-2-4-14(16)19/h5-8H,1-4,9H2. The van der Waals surface area contributed by atoms with Gasteiger partial charge in [0.25, 0.3) is 0 Å². The molecular formula is C14H14ClNO3. The number of ketones is 1. The molecule has 0 atom stereocenters. The average Bonchev–Trinajstić information content (AvgIpc) is 2.54. The first-order chi connectivity index (χ1) is 9.08. The summed E-state index contributed by atoms with van der Waals surface area (Å²) in [6.07, 6.45) is 2.08. The van der Waals surface area contributed by atoms with Crippen LogP contribution >= 0.6 is 11.6 Å². The van der Waals surface area contributed by atoms with E-state index in [0.29, 0.717) is 36.3 Å². The Hall–Kier alpha value is -1.68. The van der Waals surface area contributed by atoms with E-state index in [1.165, 1.54) is 0 Å². The number of likely N-dealkylation sites (tertiary alicyclic amines) is 1. The molecule has 1 aliphatic rings. The Kier molecular flexibility index (Phi) is 4.32. The number of hydrogen-bond acceptors (Lipinski definition) is 3. The molecule has 100 valence electrons. The van der Waals surface area contributed by atoms with Gasteiger partial charge in [-0.15, -0.1) is 0 Å². The van der Waals surface area contributed by atoms with Crippen molar-refractivity contribution in [2.45, 2.75) is 25.7 Å². The van der Waals surface area contributed by atoms with Crippen LogP contribution in [-0.4, -0.2) is 29.0 Å². The minimum atomic E-state index is -0.259. The number of nitrogens with zero attached hydrogens (tertiary/aromatic N) is 1. The van der Waals surface area contributed by atoms with Crippen LogP contribution in [0.1, 0.15) is 36.0 Å². The molecule has 0 radical (unpaired) electrons. The van der Waals surface area contributed by atoms with Gasteiger partial charge in [0.05, 0.1) is 6.54 Å². The molecule has 1 aromatic carbocycles. The fourth-order valence-corrected chi connectivity index (χ4v) is 2.13. The summed E-state index contributed by atoms with van der Waals surface area (Å²) in [6.45, 7) is -0.181. The predicted molar refractivity (Wildman–Crippen MR) is 71.0 cm³/mol. The van der Waals surface area contributed by atoms with E-state index in [9.17, 15) is 14.4 Å². The van der Waals surface area contributed by atoms with Gasteiger partial charge in [-0.2, -0.15) is 0 Å². The summed E-state index contributed by atoms with van der Waals surface area (Å²) in [6, 6.07) is 6.41. The zero-order chi connectivity index (χ0) is 13.8. The van der Waals surface area contributed by atoms with Gasteiger partial charge in [0.2, 0.25) is 11.8 Å². The highest BCUT2D eigenvalue weighted by molar-refractivity contribution is 6.30. The molecule has 2 rings (SSSR count). The Balaban J connectivity index is 2.10. The van der Waals surface area contributed by atoms with Gasteiger partial charge in [-0.3, -0.25) is 19.3 Å². The minimum Gasteiger partial charge on any atom is -0.292 e. The second kappa shape index (κ2) is 5.97. The second-order valence-electron chi connectivity index (χ2n) is 4.51. The highest BCUT2D eigenvalue weighted by Crippen LogP contribution is 2.15. The molecule has 1 aliphatic heterocycles. The number of hydrogen-bond donors (Lipinski definition) is 0. The molecule has 1 fully saturated rings. The van der Waals surface area contributed by atoms with Crippen LogP contribution in [0.4, 0.5) is 0 Å². The van der Waals surface area contributed by atoms with Crippen LogP contribution < -0.4 is 0 Å². The van der Waals surface area contributed by atoms with Crippen molar-refractivity contribution >= 4 is 29.2 Å². The van der Waals surface area contributed by atoms with Crippen LogP contribution in [0.2, 0.25) is 5.02 Å². The monoisotopic (exact) mass is 279 g/mol. The summed E-state index contributed by atoms with van der Waals surface area (Å²) in [7, 11) is 0. The maximum absolute atomic E-state index is 12.0. The van der Waals surface area contributed by atoms with Crippen molar-refractivity contribution in [3.05, 3.63) is 34.9 Å². The number of benzene rings is 1. The van der Waals surface area contributed by atoms with E-state index < -0.39 is 0 Å². The van der Waals surface area contributed by atoms with Crippen LogP contribution in [0.3, 0.4) is 0 Å². The SMILES string of the molecule is O=C(CN1C(=O)CCCCC1=O)c1ccc(Cl)cc1. The van der Waals surface area contributed by atoms with Crippen molar-refractivity contribution in [3.8, 4) is 0 Å². The van der Waals surface area contributed by atoms with Crippen LogP contribution in [-0.2, 0) is 9.59 Å². The number of rotatable bonds is 3. The number of imide groups is 1. The maximum atomic E-state index is 12.0. The molecule has 0 spiro atoms. The quantitative estimate of drug-likeness (QED) is 0.631. The Morgan fingerprint density at radius 1 is 1.05 bits per heavy atom. The Morgan fingerprint density at radius 3 is 2.11 bits per heavy atom. The first-order valence-electron chi connectivity index (χ1n) is 6.20. The molecule has 2 amide bonds. The van der Waals surface area contributed by atoms with Crippen molar-refractivity contribution in [1.29, 1.82) is 0 Å². The van der Waals surface area contributed by atoms with E-state index in [-0.39, 0.29) is 24.1 Å². The molecule has 0 bridgehead atoms. The molecule has 5 heteroatoms. The first-order valence-corrected chi connectivity index (χ1v) is 6.57. The highest BCUT2D eigenvalue weighted by atomic mass is 35.5. The highest BCUT2D eigenvalue weighted by Gasteiger charge is 2.26. The summed E-state index contributed by atoms with van der Waals surface area (Å²) >= 11 is 5.75. The average molecular weight is 280 g/mol.